The molecular weight excluding hydrogens is 504 g/mol. The fraction of sp³-hybridized carbons (Fsp3) is 0.519. The van der Waals surface area contributed by atoms with Crippen LogP contribution in [0.2, 0.25) is 0 Å². The smallest absolute Gasteiger partial charge is 0.412 e. The maximum Gasteiger partial charge on any atom is 0.412 e. The van der Waals surface area contributed by atoms with Crippen LogP contribution in [0.5, 0.6) is 0 Å². The molecule has 0 unspecified atom stereocenters. The fourth-order valence-electron chi connectivity index (χ4n) is 3.29. The summed E-state index contributed by atoms with van der Waals surface area (Å²) in [6.45, 7) is 17.5. The standard InChI is InChI=1S/C15H23N3O4.C12H19N3O2/c1-7-22-14(20)18-12-9(2)8-10(16-13(19)21-6)11(17-12)15(3,4)5;1-7-6-8(14-11(16)17-5)9(12(2,3)4)15-10(7)13/h8H,7H2,1-6H3,(H,16,19)(H,17,18,20);6H,1-5H3,(H2,13,15)(H,14,16). The van der Waals surface area contributed by atoms with Gasteiger partial charge in [0.1, 0.15) is 11.6 Å². The van der Waals surface area contributed by atoms with Gasteiger partial charge in [-0.25, -0.2) is 24.4 Å². The molecule has 12 heteroatoms. The molecule has 0 atom stereocenters. The molecule has 3 amide bonds. The zero-order valence-corrected chi connectivity index (χ0v) is 24.8. The highest BCUT2D eigenvalue weighted by atomic mass is 16.5. The van der Waals surface area contributed by atoms with Crippen LogP contribution < -0.4 is 21.7 Å². The van der Waals surface area contributed by atoms with Crippen molar-refractivity contribution < 1.29 is 28.6 Å². The van der Waals surface area contributed by atoms with Gasteiger partial charge in [0.15, 0.2) is 0 Å². The van der Waals surface area contributed by atoms with Crippen molar-refractivity contribution in [1.82, 2.24) is 9.97 Å². The average molecular weight is 547 g/mol. The molecule has 5 N–H and O–H groups in total. The average Bonchev–Trinajstić information content (AvgIpc) is 2.81. The molecule has 0 saturated heterocycles. The molecule has 0 fully saturated rings. The summed E-state index contributed by atoms with van der Waals surface area (Å²) in [4.78, 5) is 43.1. The summed E-state index contributed by atoms with van der Waals surface area (Å²) in [6, 6.07) is 3.55. The third kappa shape index (κ3) is 9.95. The van der Waals surface area contributed by atoms with Crippen molar-refractivity contribution in [2.75, 3.05) is 42.5 Å². The van der Waals surface area contributed by atoms with Crippen molar-refractivity contribution in [3.63, 3.8) is 0 Å². The van der Waals surface area contributed by atoms with Gasteiger partial charge in [0.2, 0.25) is 0 Å². The molecule has 2 rings (SSSR count). The van der Waals surface area contributed by atoms with Gasteiger partial charge in [-0.1, -0.05) is 41.5 Å². The molecule has 0 aliphatic rings. The van der Waals surface area contributed by atoms with Gasteiger partial charge in [-0.3, -0.25) is 16.0 Å². The Hall–Kier alpha value is -4.09. The number of ether oxygens (including phenoxy) is 3. The first-order chi connectivity index (χ1) is 17.9. The molecule has 0 aliphatic carbocycles. The number of nitrogens with one attached hydrogen (secondary N) is 3. The van der Waals surface area contributed by atoms with Crippen LogP contribution in [-0.2, 0) is 25.0 Å². The Morgan fingerprint density at radius 2 is 1.21 bits per heavy atom. The van der Waals surface area contributed by atoms with Gasteiger partial charge in [-0.05, 0) is 44.0 Å². The number of carbonyl (C=O) groups is 3. The zero-order valence-electron chi connectivity index (χ0n) is 24.8. The number of nitrogens with two attached hydrogens (primary N) is 1. The van der Waals surface area contributed by atoms with E-state index < -0.39 is 18.3 Å². The van der Waals surface area contributed by atoms with Gasteiger partial charge in [-0.15, -0.1) is 0 Å². The largest absolute Gasteiger partial charge is 0.453 e. The van der Waals surface area contributed by atoms with Gasteiger partial charge < -0.3 is 19.9 Å². The Morgan fingerprint density at radius 1 is 0.769 bits per heavy atom. The third-order valence-electron chi connectivity index (χ3n) is 5.23. The summed E-state index contributed by atoms with van der Waals surface area (Å²) in [7, 11) is 2.62. The van der Waals surface area contributed by atoms with Gasteiger partial charge in [0.05, 0.1) is 43.6 Å². The minimum absolute atomic E-state index is 0.210. The van der Waals surface area contributed by atoms with Crippen LogP contribution in [0.3, 0.4) is 0 Å². The zero-order chi connectivity index (χ0) is 30.1. The van der Waals surface area contributed by atoms with Crippen LogP contribution in [0, 0.1) is 13.8 Å². The second kappa shape index (κ2) is 13.6. The molecule has 0 radical (unpaired) electrons. The lowest BCUT2D eigenvalue weighted by Gasteiger charge is -2.23. The monoisotopic (exact) mass is 546 g/mol. The molecule has 0 spiro atoms. The summed E-state index contributed by atoms with van der Waals surface area (Å²) < 4.78 is 14.1. The minimum atomic E-state index is -0.571. The summed E-state index contributed by atoms with van der Waals surface area (Å²) in [5.41, 5.74) is 9.33. The minimum Gasteiger partial charge on any atom is -0.453 e. The van der Waals surface area contributed by atoms with E-state index in [-0.39, 0.29) is 17.4 Å². The van der Waals surface area contributed by atoms with Crippen LogP contribution in [0.25, 0.3) is 0 Å². The maximum atomic E-state index is 11.6. The fourth-order valence-corrected chi connectivity index (χ4v) is 3.29. The SMILES string of the molecule is CCOC(=O)Nc1nc(C(C)(C)C)c(NC(=O)OC)cc1C.COC(=O)Nc1cc(C)c(N)nc1C(C)(C)C. The van der Waals surface area contributed by atoms with E-state index in [0.29, 0.717) is 34.3 Å². The lowest BCUT2D eigenvalue weighted by molar-refractivity contribution is 0.167. The van der Waals surface area contributed by atoms with E-state index in [4.69, 9.17) is 10.5 Å². The highest BCUT2D eigenvalue weighted by molar-refractivity contribution is 5.88. The Bertz CT molecular complexity index is 1180. The number of hydrogen-bond donors (Lipinski definition) is 4. The summed E-state index contributed by atoms with van der Waals surface area (Å²) in [5.74, 6) is 0.879. The summed E-state index contributed by atoms with van der Waals surface area (Å²) in [6.07, 6.45) is -1.65. The van der Waals surface area contributed by atoms with Crippen molar-refractivity contribution in [3.8, 4) is 0 Å². The van der Waals surface area contributed by atoms with Gasteiger partial charge in [0.25, 0.3) is 0 Å². The third-order valence-corrected chi connectivity index (χ3v) is 5.23. The second-order valence-corrected chi connectivity index (χ2v) is 10.7. The van der Waals surface area contributed by atoms with E-state index in [9.17, 15) is 14.4 Å². The topological polar surface area (TPSA) is 167 Å². The molecule has 0 aromatic carbocycles. The van der Waals surface area contributed by atoms with Crippen LogP contribution in [0.4, 0.5) is 37.4 Å². The molecule has 216 valence electrons. The molecule has 2 heterocycles. The Morgan fingerprint density at radius 3 is 1.62 bits per heavy atom. The van der Waals surface area contributed by atoms with Crippen LogP contribution >= 0.6 is 0 Å². The van der Waals surface area contributed by atoms with E-state index in [1.54, 1.807) is 26.0 Å². The molecule has 0 aliphatic heterocycles. The number of methoxy groups -OCH3 is 2. The van der Waals surface area contributed by atoms with Gasteiger partial charge >= 0.3 is 18.3 Å². The van der Waals surface area contributed by atoms with E-state index in [1.165, 1.54) is 14.2 Å². The number of anilines is 4. The number of aromatic nitrogens is 2. The van der Waals surface area contributed by atoms with Crippen molar-refractivity contribution in [3.05, 3.63) is 34.6 Å². The molecule has 2 aromatic heterocycles. The van der Waals surface area contributed by atoms with E-state index in [1.807, 2.05) is 48.5 Å². The lowest BCUT2D eigenvalue weighted by atomic mass is 9.90. The van der Waals surface area contributed by atoms with Crippen LogP contribution in [0.15, 0.2) is 12.1 Å². The molecular formula is C27H42N6O6. The van der Waals surface area contributed by atoms with Crippen molar-refractivity contribution in [2.24, 2.45) is 0 Å². The highest BCUT2D eigenvalue weighted by Crippen LogP contribution is 2.32. The number of carbonyl (C=O) groups excluding carboxylic acids is 3. The number of pyridine rings is 2. The number of amides is 3. The number of rotatable bonds is 4. The number of nitrogen functional groups attached to an aromatic ring is 1. The van der Waals surface area contributed by atoms with Crippen molar-refractivity contribution in [1.29, 1.82) is 0 Å². The van der Waals surface area contributed by atoms with E-state index in [0.717, 1.165) is 11.3 Å². The Labute approximate surface area is 230 Å². The maximum absolute atomic E-state index is 11.6. The molecule has 0 bridgehead atoms. The lowest BCUT2D eigenvalue weighted by Crippen LogP contribution is -2.23. The first kappa shape index (κ1) is 32.9. The molecule has 39 heavy (non-hydrogen) atoms. The second-order valence-electron chi connectivity index (χ2n) is 10.7. The Balaban J connectivity index is 0.000000403. The molecule has 12 nitrogen and oxygen atoms in total. The normalized spacial score (nSPS) is 10.9. The van der Waals surface area contributed by atoms with Gasteiger partial charge in [0, 0.05) is 10.8 Å². The highest BCUT2D eigenvalue weighted by Gasteiger charge is 2.24. The van der Waals surface area contributed by atoms with Crippen molar-refractivity contribution in [2.45, 2.75) is 73.1 Å². The molecule has 0 saturated carbocycles. The van der Waals surface area contributed by atoms with Gasteiger partial charge in [-0.2, -0.15) is 0 Å². The van der Waals surface area contributed by atoms with Crippen molar-refractivity contribution >= 4 is 41.3 Å². The number of hydrogen-bond acceptors (Lipinski definition) is 9. The predicted octanol–water partition coefficient (Wildman–Crippen LogP) is 5.88. The molecule has 2 aromatic rings. The van der Waals surface area contributed by atoms with E-state index in [2.05, 4.69) is 35.4 Å². The van der Waals surface area contributed by atoms with Crippen LogP contribution in [-0.4, -0.2) is 49.1 Å². The predicted molar refractivity (Wildman–Crippen MR) is 152 cm³/mol. The van der Waals surface area contributed by atoms with Crippen LogP contribution in [0.1, 0.15) is 71.0 Å². The van der Waals surface area contributed by atoms with E-state index >= 15 is 0 Å². The quantitative estimate of drug-likeness (QED) is 0.342. The first-order valence-corrected chi connectivity index (χ1v) is 12.4. The summed E-state index contributed by atoms with van der Waals surface area (Å²) in [5, 5.41) is 7.90. The first-order valence-electron chi connectivity index (χ1n) is 12.4. The number of aryl methyl sites for hydroxylation is 2. The summed E-state index contributed by atoms with van der Waals surface area (Å²) >= 11 is 0. The number of nitrogens with zero attached hydrogens (tertiary/aromatic N) is 2. The Kier molecular flexibility index (Phi) is 11.5.